The maximum atomic E-state index is 12.6. The van der Waals surface area contributed by atoms with E-state index in [-0.39, 0.29) is 12.3 Å². The fraction of sp³-hybridized carbons (Fsp3) is 0.483. The zero-order valence-corrected chi connectivity index (χ0v) is 24.9. The van der Waals surface area contributed by atoms with Crippen molar-refractivity contribution in [3.8, 4) is 0 Å². The Kier molecular flexibility index (Phi) is 8.23. The summed E-state index contributed by atoms with van der Waals surface area (Å²) in [6.45, 7) is 10.2. The van der Waals surface area contributed by atoms with Crippen LogP contribution in [0.5, 0.6) is 0 Å². The molecular weight excluding hydrogens is 542 g/mol. The molecule has 3 aromatic rings. The van der Waals surface area contributed by atoms with Gasteiger partial charge in [-0.2, -0.15) is 4.98 Å². The number of ether oxygens (including phenoxy) is 1. The van der Waals surface area contributed by atoms with Gasteiger partial charge >= 0.3 is 6.09 Å². The largest absolute Gasteiger partial charge is 0.444 e. The van der Waals surface area contributed by atoms with Crippen LogP contribution < -0.4 is 14.9 Å². The molecule has 3 heterocycles. The molecule has 11 nitrogen and oxygen atoms in total. The summed E-state index contributed by atoms with van der Waals surface area (Å²) < 4.78 is 31.0. The maximum Gasteiger partial charge on any atom is 0.411 e. The lowest BCUT2D eigenvalue weighted by Crippen LogP contribution is -2.64. The molecule has 0 saturated carbocycles. The molecule has 220 valence electrons. The number of sulfonamides is 1. The molecule has 41 heavy (non-hydrogen) atoms. The first-order chi connectivity index (χ1) is 19.4. The van der Waals surface area contributed by atoms with Crippen LogP contribution in [0.15, 0.2) is 48.5 Å². The maximum absolute atomic E-state index is 12.6. The van der Waals surface area contributed by atoms with Gasteiger partial charge in [0.1, 0.15) is 11.4 Å². The molecule has 0 radical (unpaired) electrons. The van der Waals surface area contributed by atoms with Gasteiger partial charge in [-0.05, 0) is 63.4 Å². The minimum atomic E-state index is -3.30. The van der Waals surface area contributed by atoms with Crippen molar-refractivity contribution in [2.24, 2.45) is 0 Å². The van der Waals surface area contributed by atoms with Gasteiger partial charge in [-0.1, -0.05) is 24.3 Å². The van der Waals surface area contributed by atoms with Crippen molar-refractivity contribution in [2.45, 2.75) is 45.4 Å². The number of amides is 1. The molecule has 2 saturated heterocycles. The third-order valence-electron chi connectivity index (χ3n) is 7.19. The topological polar surface area (TPSA) is 120 Å². The van der Waals surface area contributed by atoms with Gasteiger partial charge in [-0.25, -0.2) is 18.2 Å². The van der Waals surface area contributed by atoms with Crippen molar-refractivity contribution in [3.05, 3.63) is 54.1 Å². The van der Waals surface area contributed by atoms with E-state index < -0.39 is 15.6 Å². The van der Waals surface area contributed by atoms with Crippen molar-refractivity contribution < 1.29 is 17.9 Å². The number of fused-ring (bicyclic) bond motifs is 1. The fourth-order valence-corrected chi connectivity index (χ4v) is 5.69. The molecule has 2 aliphatic rings. The Morgan fingerprint density at radius 2 is 1.71 bits per heavy atom. The Balaban J connectivity index is 1.21. The second-order valence-electron chi connectivity index (χ2n) is 11.6. The molecule has 1 unspecified atom stereocenters. The first-order valence-corrected chi connectivity index (χ1v) is 15.9. The number of carbonyl (C=O) groups is 1. The third-order valence-corrected chi connectivity index (χ3v) is 7.80. The van der Waals surface area contributed by atoms with Gasteiger partial charge in [0.15, 0.2) is 0 Å². The Morgan fingerprint density at radius 1 is 1.00 bits per heavy atom. The number of piperazine rings is 1. The number of hydrogen-bond donors (Lipinski definition) is 2. The Labute approximate surface area is 241 Å². The summed E-state index contributed by atoms with van der Waals surface area (Å²) in [5.41, 5.74) is 2.01. The number of hydrogen-bond acceptors (Lipinski definition) is 9. The van der Waals surface area contributed by atoms with E-state index in [9.17, 15) is 13.2 Å². The lowest BCUT2D eigenvalue weighted by Gasteiger charge is -2.49. The van der Waals surface area contributed by atoms with Crippen LogP contribution in [0.25, 0.3) is 10.9 Å². The van der Waals surface area contributed by atoms with Crippen LogP contribution in [0.2, 0.25) is 0 Å². The molecule has 2 N–H and O–H groups in total. The monoisotopic (exact) mass is 581 g/mol. The van der Waals surface area contributed by atoms with Crippen molar-refractivity contribution in [1.82, 2.24) is 19.8 Å². The van der Waals surface area contributed by atoms with E-state index >= 15 is 0 Å². The predicted octanol–water partition coefficient (Wildman–Crippen LogP) is 3.74. The van der Waals surface area contributed by atoms with Crippen LogP contribution >= 0.6 is 0 Å². The number of nitrogens with one attached hydrogen (secondary N) is 2. The standard InChI is InChI=1S/C29H39N7O4S/c1-29(2,3)40-28(37)36-16-14-25(36)34-17-19-35(20-18-34)27-31-24-8-6-5-7-23(24)26(32-27)30-15-13-21-9-11-22(12-10-21)33-41(4,38)39/h5-12,25,33H,13-20H2,1-4H3,(H,30,31,32). The Hall–Kier alpha value is -3.64. The molecule has 5 rings (SSSR count). The van der Waals surface area contributed by atoms with E-state index in [1.807, 2.05) is 62.1 Å². The third kappa shape index (κ3) is 7.36. The van der Waals surface area contributed by atoms with E-state index in [1.54, 1.807) is 12.1 Å². The molecule has 0 spiro atoms. The number of likely N-dealkylation sites (tertiary alicyclic amines) is 1. The van der Waals surface area contributed by atoms with Gasteiger partial charge in [0.05, 0.1) is 17.9 Å². The minimum Gasteiger partial charge on any atom is -0.444 e. The van der Waals surface area contributed by atoms with Gasteiger partial charge in [0, 0.05) is 50.3 Å². The van der Waals surface area contributed by atoms with Gasteiger partial charge < -0.3 is 15.0 Å². The van der Waals surface area contributed by atoms with E-state index in [0.717, 1.165) is 74.1 Å². The summed E-state index contributed by atoms with van der Waals surface area (Å²) in [6.07, 6.45) is 2.68. The first kappa shape index (κ1) is 28.9. The van der Waals surface area contributed by atoms with Gasteiger partial charge in [0.2, 0.25) is 16.0 Å². The number of para-hydroxylation sites is 1. The molecule has 1 amide bonds. The highest BCUT2D eigenvalue weighted by atomic mass is 32.2. The van der Waals surface area contributed by atoms with E-state index in [2.05, 4.69) is 19.8 Å². The number of aromatic nitrogens is 2. The second kappa shape index (κ2) is 11.7. The van der Waals surface area contributed by atoms with Crippen LogP contribution in [-0.4, -0.2) is 91.6 Å². The van der Waals surface area contributed by atoms with Gasteiger partial charge in [-0.3, -0.25) is 14.5 Å². The van der Waals surface area contributed by atoms with Gasteiger partial charge in [0.25, 0.3) is 0 Å². The summed E-state index contributed by atoms with van der Waals surface area (Å²) >= 11 is 0. The summed E-state index contributed by atoms with van der Waals surface area (Å²) in [6, 6.07) is 15.4. The zero-order valence-electron chi connectivity index (χ0n) is 24.1. The zero-order chi connectivity index (χ0) is 29.2. The molecule has 2 fully saturated rings. The number of anilines is 3. The van der Waals surface area contributed by atoms with Crippen molar-refractivity contribution in [2.75, 3.05) is 60.5 Å². The van der Waals surface area contributed by atoms with E-state index in [1.165, 1.54) is 0 Å². The molecule has 2 aliphatic heterocycles. The fourth-order valence-electron chi connectivity index (χ4n) is 5.13. The van der Waals surface area contributed by atoms with Crippen LogP contribution in [0.3, 0.4) is 0 Å². The summed E-state index contributed by atoms with van der Waals surface area (Å²) in [7, 11) is -3.30. The van der Waals surface area contributed by atoms with Crippen molar-refractivity contribution >= 4 is 44.5 Å². The summed E-state index contributed by atoms with van der Waals surface area (Å²) in [4.78, 5) is 28.8. The number of benzene rings is 2. The molecular formula is C29H39N7O4S. The second-order valence-corrected chi connectivity index (χ2v) is 13.4. The SMILES string of the molecule is CC(C)(C)OC(=O)N1CCC1N1CCN(c2nc(NCCc3ccc(NS(C)(=O)=O)cc3)c3ccccc3n2)CC1. The van der Waals surface area contributed by atoms with Crippen molar-refractivity contribution in [3.63, 3.8) is 0 Å². The lowest BCUT2D eigenvalue weighted by atomic mass is 10.1. The number of nitrogens with zero attached hydrogens (tertiary/aromatic N) is 5. The molecule has 2 aromatic carbocycles. The Bertz CT molecular complexity index is 1480. The summed E-state index contributed by atoms with van der Waals surface area (Å²) in [5.74, 6) is 1.48. The number of carbonyl (C=O) groups excluding carboxylic acids is 1. The average molecular weight is 582 g/mol. The van der Waals surface area contributed by atoms with Crippen LogP contribution in [0.4, 0.5) is 22.2 Å². The normalized spacial score (nSPS) is 18.2. The Morgan fingerprint density at radius 3 is 2.34 bits per heavy atom. The summed E-state index contributed by atoms with van der Waals surface area (Å²) in [5, 5.41) is 4.46. The quantitative estimate of drug-likeness (QED) is 0.410. The highest BCUT2D eigenvalue weighted by Crippen LogP contribution is 2.28. The molecule has 1 aromatic heterocycles. The van der Waals surface area contributed by atoms with Crippen LogP contribution in [-0.2, 0) is 21.2 Å². The van der Waals surface area contributed by atoms with Crippen molar-refractivity contribution in [1.29, 1.82) is 0 Å². The predicted molar refractivity (Wildman–Crippen MR) is 162 cm³/mol. The van der Waals surface area contributed by atoms with Gasteiger partial charge in [-0.15, -0.1) is 0 Å². The number of rotatable bonds is 8. The van der Waals surface area contributed by atoms with E-state index in [4.69, 9.17) is 14.7 Å². The molecule has 1 atom stereocenters. The average Bonchev–Trinajstić information content (AvgIpc) is 2.87. The highest BCUT2D eigenvalue weighted by molar-refractivity contribution is 7.92. The molecule has 12 heteroatoms. The smallest absolute Gasteiger partial charge is 0.411 e. The van der Waals surface area contributed by atoms with Crippen LogP contribution in [0.1, 0.15) is 32.8 Å². The molecule has 0 bridgehead atoms. The first-order valence-electron chi connectivity index (χ1n) is 14.0. The minimum absolute atomic E-state index is 0.0815. The van der Waals surface area contributed by atoms with E-state index in [0.29, 0.717) is 18.2 Å². The highest BCUT2D eigenvalue weighted by Gasteiger charge is 2.40. The lowest BCUT2D eigenvalue weighted by molar-refractivity contribution is -0.0547. The van der Waals surface area contributed by atoms with Crippen LogP contribution in [0, 0.1) is 0 Å². The molecule has 0 aliphatic carbocycles.